The van der Waals surface area contributed by atoms with Crippen LogP contribution in [0.2, 0.25) is 0 Å². The molecule has 36 heavy (non-hydrogen) atoms. The summed E-state index contributed by atoms with van der Waals surface area (Å²) in [6.07, 6.45) is 0. The maximum Gasteiger partial charge on any atom is 0.162 e. The average Bonchev–Trinajstić information content (AvgIpc) is 3.11. The Balaban J connectivity index is 1.58. The Hall–Kier alpha value is -3.26. The molecule has 0 radical (unpaired) electrons. The van der Waals surface area contributed by atoms with Gasteiger partial charge in [-0.05, 0) is 106 Å². The molecule has 0 saturated heterocycles. The Morgan fingerprint density at radius 1 is 0.528 bits per heavy atom. The van der Waals surface area contributed by atoms with Crippen LogP contribution in [-0.2, 0) is 9.59 Å². The monoisotopic (exact) mass is 476 g/mol. The molecule has 0 atom stereocenters. The van der Waals surface area contributed by atoms with Crippen molar-refractivity contribution in [3.05, 3.63) is 93.0 Å². The first-order valence-corrected chi connectivity index (χ1v) is 13.2. The molecule has 1 saturated carbocycles. The molecule has 2 heteroatoms. The van der Waals surface area contributed by atoms with E-state index in [0.29, 0.717) is 11.8 Å². The third-order valence-electron chi connectivity index (χ3n) is 8.27. The summed E-state index contributed by atoms with van der Waals surface area (Å²) in [5, 5.41) is 0. The molecule has 0 aromatic heterocycles. The van der Waals surface area contributed by atoms with E-state index in [2.05, 4.69) is 104 Å². The fourth-order valence-electron chi connectivity index (χ4n) is 6.07. The number of hydrogen-bond acceptors (Lipinski definition) is 2. The molecule has 5 rings (SSSR count). The number of ketones is 2. The zero-order valence-electron chi connectivity index (χ0n) is 22.7. The Kier molecular flexibility index (Phi) is 5.90. The number of fused-ring (bicyclic) bond motifs is 2. The van der Waals surface area contributed by atoms with Crippen molar-refractivity contribution in [1.82, 2.24) is 0 Å². The molecule has 0 heterocycles. The highest BCUT2D eigenvalue weighted by Crippen LogP contribution is 2.51. The molecule has 0 aromatic rings. The van der Waals surface area contributed by atoms with Crippen molar-refractivity contribution < 1.29 is 9.59 Å². The average molecular weight is 477 g/mol. The summed E-state index contributed by atoms with van der Waals surface area (Å²) in [4.78, 5) is 27.6. The molecule has 1 fully saturated rings. The van der Waals surface area contributed by atoms with Gasteiger partial charge in [-0.3, -0.25) is 9.59 Å². The second-order valence-corrected chi connectivity index (χ2v) is 11.4. The lowest BCUT2D eigenvalue weighted by molar-refractivity contribution is -0.142. The highest BCUT2D eigenvalue weighted by atomic mass is 16.2. The van der Waals surface area contributed by atoms with Crippen LogP contribution < -0.4 is 0 Å². The van der Waals surface area contributed by atoms with Gasteiger partial charge in [0.2, 0.25) is 0 Å². The Morgan fingerprint density at radius 3 is 1.22 bits per heavy atom. The Morgan fingerprint density at radius 2 is 0.889 bits per heavy atom. The summed E-state index contributed by atoms with van der Waals surface area (Å²) in [6, 6.07) is 17.2. The van der Waals surface area contributed by atoms with Gasteiger partial charge in [0.15, 0.2) is 11.6 Å². The number of carbonyl (C=O) groups is 2. The maximum atomic E-state index is 13.8. The first-order valence-electron chi connectivity index (χ1n) is 13.2. The van der Waals surface area contributed by atoms with E-state index in [1.54, 1.807) is 0 Å². The van der Waals surface area contributed by atoms with Crippen molar-refractivity contribution in [2.75, 3.05) is 0 Å². The maximum absolute atomic E-state index is 13.8. The largest absolute Gasteiger partial charge is 0.297 e. The van der Waals surface area contributed by atoms with Gasteiger partial charge in [-0.25, -0.2) is 0 Å². The van der Waals surface area contributed by atoms with E-state index in [1.807, 2.05) is 0 Å². The van der Waals surface area contributed by atoms with Crippen molar-refractivity contribution in [3.63, 3.8) is 0 Å². The molecule has 0 aliphatic heterocycles. The summed E-state index contributed by atoms with van der Waals surface area (Å²) in [5.41, 5.74) is 13.2. The zero-order chi connectivity index (χ0) is 26.0. The van der Waals surface area contributed by atoms with Crippen molar-refractivity contribution in [3.8, 4) is 22.3 Å². The highest BCUT2D eigenvalue weighted by molar-refractivity contribution is 6.32. The lowest BCUT2D eigenvalue weighted by Crippen LogP contribution is -2.44. The van der Waals surface area contributed by atoms with Gasteiger partial charge in [-0.1, -0.05) is 76.2 Å². The van der Waals surface area contributed by atoms with Crippen LogP contribution in [0.15, 0.2) is 48.5 Å². The molecule has 0 N–H and O–H groups in total. The van der Waals surface area contributed by atoms with Crippen LogP contribution in [0.25, 0.3) is 22.3 Å². The second-order valence-electron chi connectivity index (χ2n) is 11.4. The molecular weight excluding hydrogens is 440 g/mol. The van der Waals surface area contributed by atoms with Gasteiger partial charge in [-0.15, -0.1) is 0 Å². The number of Topliss-reactive ketones (excluding diaryl/α,β-unsaturated/α-hetero) is 2. The number of carbonyl (C=O) groups excluding carboxylic acids is 2. The quantitative estimate of drug-likeness (QED) is 0.277. The molecule has 5 aliphatic carbocycles. The minimum Gasteiger partial charge on any atom is -0.297 e. The lowest BCUT2D eigenvalue weighted by atomic mass is 9.65. The fraction of sp³-hybridized carbons (Fsp3) is 0.353. The lowest BCUT2D eigenvalue weighted by Gasteiger charge is -2.33. The first-order chi connectivity index (χ1) is 17.0. The minimum atomic E-state index is -0.677. The predicted octanol–water partition coefficient (Wildman–Crippen LogP) is 8.40. The van der Waals surface area contributed by atoms with E-state index >= 15 is 0 Å². The van der Waals surface area contributed by atoms with Crippen molar-refractivity contribution in [1.29, 1.82) is 0 Å². The number of aryl methyl sites for hydroxylation is 4. The van der Waals surface area contributed by atoms with Crippen molar-refractivity contribution >= 4 is 11.6 Å². The van der Waals surface area contributed by atoms with Gasteiger partial charge in [0, 0.05) is 0 Å². The first kappa shape index (κ1) is 24.4. The summed E-state index contributed by atoms with van der Waals surface area (Å²) < 4.78 is 0. The molecule has 0 amide bonds. The normalized spacial score (nSPS) is 18.1. The molecule has 0 spiro atoms. The SMILES string of the molecule is Cc1cc(C2C(=O)C(c3cc(C)c4cc(C(C)C)ccc(C)c3-4)C2=O)c2c(C)ccc(C(C)C)cc1-2. The van der Waals surface area contributed by atoms with Gasteiger partial charge in [0.25, 0.3) is 0 Å². The van der Waals surface area contributed by atoms with Gasteiger partial charge < -0.3 is 0 Å². The highest BCUT2D eigenvalue weighted by Gasteiger charge is 2.52. The van der Waals surface area contributed by atoms with E-state index in [9.17, 15) is 9.59 Å². The van der Waals surface area contributed by atoms with Gasteiger partial charge in [-0.2, -0.15) is 0 Å². The Labute approximate surface area is 215 Å². The molecule has 2 nitrogen and oxygen atoms in total. The standard InChI is InChI=1S/C34H36O2/c1-17(2)23-11-9-19(5)29-25(15-23)21(7)13-27(29)31-33(35)32(34(31)36)28-14-22(8)26-16-24(18(3)4)12-10-20(6)30(26)28/h9-18,31-32H,1-8H3. The van der Waals surface area contributed by atoms with Gasteiger partial charge in [0.1, 0.15) is 11.8 Å². The van der Waals surface area contributed by atoms with Gasteiger partial charge >= 0.3 is 0 Å². The fourth-order valence-corrected chi connectivity index (χ4v) is 6.07. The molecule has 5 aliphatic rings. The number of hydrogen-bond donors (Lipinski definition) is 0. The van der Waals surface area contributed by atoms with Crippen LogP contribution >= 0.6 is 0 Å². The van der Waals surface area contributed by atoms with Crippen LogP contribution in [0.5, 0.6) is 0 Å². The van der Waals surface area contributed by atoms with E-state index in [1.165, 1.54) is 11.1 Å². The smallest absolute Gasteiger partial charge is 0.162 e. The summed E-state index contributed by atoms with van der Waals surface area (Å²) in [5.74, 6) is -0.479. The predicted molar refractivity (Wildman–Crippen MR) is 149 cm³/mol. The van der Waals surface area contributed by atoms with Crippen molar-refractivity contribution in [2.24, 2.45) is 0 Å². The summed E-state index contributed by atoms with van der Waals surface area (Å²) in [6.45, 7) is 17.1. The van der Waals surface area contributed by atoms with Crippen LogP contribution in [0, 0.1) is 27.7 Å². The molecule has 0 aromatic carbocycles. The van der Waals surface area contributed by atoms with Gasteiger partial charge in [0.05, 0.1) is 0 Å². The third kappa shape index (κ3) is 3.61. The molecule has 0 bridgehead atoms. The third-order valence-corrected chi connectivity index (χ3v) is 8.27. The van der Waals surface area contributed by atoms with E-state index in [4.69, 9.17) is 0 Å². The van der Waals surface area contributed by atoms with Crippen LogP contribution in [0.1, 0.15) is 95.9 Å². The van der Waals surface area contributed by atoms with E-state index in [-0.39, 0.29) is 11.6 Å². The van der Waals surface area contributed by atoms with E-state index < -0.39 is 11.8 Å². The second kappa shape index (κ2) is 8.69. The van der Waals surface area contributed by atoms with E-state index in [0.717, 1.165) is 55.6 Å². The van der Waals surface area contributed by atoms with Crippen LogP contribution in [-0.4, -0.2) is 11.6 Å². The minimum absolute atomic E-state index is 0.0313. The van der Waals surface area contributed by atoms with Crippen LogP contribution in [0.3, 0.4) is 0 Å². The Bertz CT molecular complexity index is 1340. The summed E-state index contributed by atoms with van der Waals surface area (Å²) >= 11 is 0. The molecule has 0 unspecified atom stereocenters. The van der Waals surface area contributed by atoms with Crippen LogP contribution in [0.4, 0.5) is 0 Å². The molecule has 184 valence electrons. The van der Waals surface area contributed by atoms with Crippen molar-refractivity contribution in [2.45, 2.75) is 79.1 Å². The zero-order valence-corrected chi connectivity index (χ0v) is 22.7. The number of rotatable bonds is 4. The topological polar surface area (TPSA) is 34.1 Å². The molecular formula is C34H36O2. The summed E-state index contributed by atoms with van der Waals surface area (Å²) in [7, 11) is 0.